The first kappa shape index (κ1) is 10.5. The molecule has 0 amide bonds. The number of rotatable bonds is 2. The third-order valence-corrected chi connectivity index (χ3v) is 3.49. The number of methoxy groups -OCH3 is 1. The summed E-state index contributed by atoms with van der Waals surface area (Å²) in [7, 11) is 1.63. The van der Waals surface area contributed by atoms with E-state index in [0.717, 1.165) is 10.6 Å². The fraction of sp³-hybridized carbons (Fsp3) is 0.100. The van der Waals surface area contributed by atoms with Crippen molar-refractivity contribution < 1.29 is 4.74 Å². The minimum Gasteiger partial charge on any atom is -0.495 e. The minimum absolute atomic E-state index is 0.335. The second-order valence-electron chi connectivity index (χ2n) is 3.25. The smallest absolute Gasteiger partial charge is 0.198 e. The Labute approximate surface area is 106 Å². The van der Waals surface area contributed by atoms with Crippen LogP contribution >= 0.6 is 22.9 Å². The zero-order valence-corrected chi connectivity index (χ0v) is 10.4. The van der Waals surface area contributed by atoms with Crippen molar-refractivity contribution in [3.8, 4) is 16.5 Å². The monoisotopic (exact) mass is 266 g/mol. The molecule has 3 rings (SSSR count). The van der Waals surface area contributed by atoms with Gasteiger partial charge in [0.1, 0.15) is 10.6 Å². The topological polar surface area (TPSA) is 52.3 Å². The molecule has 86 valence electrons. The molecule has 17 heavy (non-hydrogen) atoms. The van der Waals surface area contributed by atoms with Gasteiger partial charge in [0, 0.05) is 12.4 Å². The number of ether oxygens (including phenoxy) is 1. The summed E-state index contributed by atoms with van der Waals surface area (Å²) in [4.78, 5) is 4.88. The van der Waals surface area contributed by atoms with E-state index in [1.54, 1.807) is 35.2 Å². The second-order valence-corrected chi connectivity index (χ2v) is 4.53. The molecule has 0 saturated carbocycles. The van der Waals surface area contributed by atoms with E-state index < -0.39 is 0 Å². The molecule has 7 heteroatoms. The maximum atomic E-state index is 5.94. The third kappa shape index (κ3) is 1.57. The first-order valence-corrected chi connectivity index (χ1v) is 6.04. The van der Waals surface area contributed by atoms with Gasteiger partial charge in [-0.05, 0) is 11.4 Å². The molecule has 3 aromatic heterocycles. The van der Waals surface area contributed by atoms with E-state index in [9.17, 15) is 0 Å². The molecular formula is C10H7ClN4OS. The highest BCUT2D eigenvalue weighted by Crippen LogP contribution is 2.34. The van der Waals surface area contributed by atoms with Crippen LogP contribution in [0.4, 0.5) is 0 Å². The molecule has 0 fully saturated rings. The quantitative estimate of drug-likeness (QED) is 0.715. The van der Waals surface area contributed by atoms with Gasteiger partial charge in [0.15, 0.2) is 16.6 Å². The van der Waals surface area contributed by atoms with Crippen LogP contribution in [0.25, 0.3) is 16.3 Å². The Morgan fingerprint density at radius 1 is 1.41 bits per heavy atom. The van der Waals surface area contributed by atoms with Crippen LogP contribution in [0.5, 0.6) is 5.75 Å². The Morgan fingerprint density at radius 3 is 3.12 bits per heavy atom. The number of fused-ring (bicyclic) bond motifs is 1. The third-order valence-electron chi connectivity index (χ3n) is 2.34. The lowest BCUT2D eigenvalue weighted by Crippen LogP contribution is -1.91. The van der Waals surface area contributed by atoms with Gasteiger partial charge in [-0.3, -0.25) is 4.40 Å². The lowest BCUT2D eigenvalue weighted by atomic mass is 10.4. The molecule has 0 aromatic carbocycles. The van der Waals surface area contributed by atoms with Gasteiger partial charge in [0.25, 0.3) is 0 Å². The summed E-state index contributed by atoms with van der Waals surface area (Å²) in [6.45, 7) is 0. The van der Waals surface area contributed by atoms with Crippen molar-refractivity contribution in [3.63, 3.8) is 0 Å². The van der Waals surface area contributed by atoms with Crippen molar-refractivity contribution >= 4 is 28.6 Å². The molecule has 0 spiro atoms. The number of hydrogen-bond donors (Lipinski definition) is 0. The molecule has 0 saturated heterocycles. The summed E-state index contributed by atoms with van der Waals surface area (Å²) < 4.78 is 7.06. The van der Waals surface area contributed by atoms with Gasteiger partial charge < -0.3 is 4.74 Å². The largest absolute Gasteiger partial charge is 0.495 e. The second kappa shape index (κ2) is 3.97. The van der Waals surface area contributed by atoms with Gasteiger partial charge in [-0.15, -0.1) is 21.5 Å². The summed E-state index contributed by atoms with van der Waals surface area (Å²) >= 11 is 7.48. The fourth-order valence-electron chi connectivity index (χ4n) is 1.57. The first-order chi connectivity index (χ1) is 8.31. The van der Waals surface area contributed by atoms with Crippen LogP contribution in [-0.4, -0.2) is 26.7 Å². The SMILES string of the molecule is COc1ccsc1-c1nnc2c(Cl)nccn12. The molecule has 0 aliphatic heterocycles. The zero-order chi connectivity index (χ0) is 11.8. The van der Waals surface area contributed by atoms with Gasteiger partial charge in [0.2, 0.25) is 0 Å². The lowest BCUT2D eigenvalue weighted by molar-refractivity contribution is 0.418. The highest BCUT2D eigenvalue weighted by atomic mass is 35.5. The summed E-state index contributed by atoms with van der Waals surface area (Å²) in [5.41, 5.74) is 0.541. The summed E-state index contributed by atoms with van der Waals surface area (Å²) in [6, 6.07) is 1.89. The van der Waals surface area contributed by atoms with Crippen LogP contribution in [0.1, 0.15) is 0 Å². The van der Waals surface area contributed by atoms with E-state index in [2.05, 4.69) is 15.2 Å². The highest BCUT2D eigenvalue weighted by molar-refractivity contribution is 7.13. The molecule has 0 atom stereocenters. The molecule has 0 radical (unpaired) electrons. The first-order valence-electron chi connectivity index (χ1n) is 4.78. The molecular weight excluding hydrogens is 260 g/mol. The summed E-state index contributed by atoms with van der Waals surface area (Å²) in [6.07, 6.45) is 3.39. The van der Waals surface area contributed by atoms with E-state index >= 15 is 0 Å². The van der Waals surface area contributed by atoms with Crippen molar-refractivity contribution in [2.24, 2.45) is 0 Å². The highest BCUT2D eigenvalue weighted by Gasteiger charge is 2.15. The van der Waals surface area contributed by atoms with Gasteiger partial charge >= 0.3 is 0 Å². The molecule has 0 aliphatic rings. The predicted molar refractivity (Wildman–Crippen MR) is 65.7 cm³/mol. The zero-order valence-electron chi connectivity index (χ0n) is 8.79. The van der Waals surface area contributed by atoms with Crippen LogP contribution < -0.4 is 4.74 Å². The van der Waals surface area contributed by atoms with E-state index in [1.807, 2.05) is 11.4 Å². The van der Waals surface area contributed by atoms with Crippen LogP contribution in [0, 0.1) is 0 Å². The number of hydrogen-bond acceptors (Lipinski definition) is 5. The Balaban J connectivity index is 2.28. The number of thiophene rings is 1. The molecule has 3 heterocycles. The average Bonchev–Trinajstić information content (AvgIpc) is 2.94. The summed E-state index contributed by atoms with van der Waals surface area (Å²) in [5, 5.41) is 10.4. The Hall–Kier alpha value is -1.66. The number of aromatic nitrogens is 4. The standard InChI is InChI=1S/C10H7ClN4OS/c1-16-6-2-5-17-7(6)9-13-14-10-8(11)12-3-4-15(9)10/h2-5H,1H3. The van der Waals surface area contributed by atoms with Crippen molar-refractivity contribution in [2.45, 2.75) is 0 Å². The number of halogens is 1. The number of nitrogens with zero attached hydrogens (tertiary/aromatic N) is 4. The normalized spacial score (nSPS) is 10.9. The van der Waals surface area contributed by atoms with E-state index in [0.29, 0.717) is 16.6 Å². The Bertz CT molecular complexity index is 678. The van der Waals surface area contributed by atoms with Gasteiger partial charge in [-0.25, -0.2) is 4.98 Å². The van der Waals surface area contributed by atoms with Crippen molar-refractivity contribution in [1.82, 2.24) is 19.6 Å². The predicted octanol–water partition coefficient (Wildman–Crippen LogP) is 2.51. The van der Waals surface area contributed by atoms with Crippen molar-refractivity contribution in [1.29, 1.82) is 0 Å². The van der Waals surface area contributed by atoms with Crippen LogP contribution in [0.2, 0.25) is 5.15 Å². The van der Waals surface area contributed by atoms with Gasteiger partial charge in [-0.1, -0.05) is 11.6 Å². The van der Waals surface area contributed by atoms with Crippen molar-refractivity contribution in [3.05, 3.63) is 29.0 Å². The molecule has 0 N–H and O–H groups in total. The molecule has 0 bridgehead atoms. The molecule has 0 unspecified atom stereocenters. The fourth-order valence-corrected chi connectivity index (χ4v) is 2.60. The summed E-state index contributed by atoms with van der Waals surface area (Å²) in [5.74, 6) is 1.48. The van der Waals surface area contributed by atoms with Gasteiger partial charge in [-0.2, -0.15) is 0 Å². The van der Waals surface area contributed by atoms with Crippen LogP contribution in [0.15, 0.2) is 23.8 Å². The minimum atomic E-state index is 0.335. The Kier molecular flexibility index (Phi) is 2.45. The van der Waals surface area contributed by atoms with E-state index in [4.69, 9.17) is 16.3 Å². The van der Waals surface area contributed by atoms with Crippen molar-refractivity contribution in [2.75, 3.05) is 7.11 Å². The van der Waals surface area contributed by atoms with E-state index in [-0.39, 0.29) is 0 Å². The molecule has 5 nitrogen and oxygen atoms in total. The lowest BCUT2D eigenvalue weighted by Gasteiger charge is -2.00. The van der Waals surface area contributed by atoms with Crippen LogP contribution in [0.3, 0.4) is 0 Å². The molecule has 0 aliphatic carbocycles. The molecule has 3 aromatic rings. The van der Waals surface area contributed by atoms with Gasteiger partial charge in [0.05, 0.1) is 7.11 Å². The maximum Gasteiger partial charge on any atom is 0.198 e. The van der Waals surface area contributed by atoms with E-state index in [1.165, 1.54) is 0 Å². The average molecular weight is 267 g/mol. The van der Waals surface area contributed by atoms with Crippen LogP contribution in [-0.2, 0) is 0 Å². The maximum absolute atomic E-state index is 5.94. The Morgan fingerprint density at radius 2 is 2.29 bits per heavy atom.